The zero-order chi connectivity index (χ0) is 32.3. The van der Waals surface area contributed by atoms with Gasteiger partial charge in [-0.1, -0.05) is 70.4 Å². The largest absolute Gasteiger partial charge is 0.494 e. The monoisotopic (exact) mass is 638 g/mol. The first-order chi connectivity index (χ1) is 23.1. The van der Waals surface area contributed by atoms with Crippen LogP contribution in [0.25, 0.3) is 22.1 Å². The van der Waals surface area contributed by atoms with Crippen LogP contribution in [0.2, 0.25) is 0 Å². The zero-order valence-corrected chi connectivity index (χ0v) is 27.2. The number of carbonyl (C=O) groups is 2. The Morgan fingerprint density at radius 3 is 2.23 bits per heavy atom. The minimum atomic E-state index is -0.649. The Kier molecular flexibility index (Phi) is 9.14. The molecule has 9 nitrogen and oxygen atoms in total. The van der Waals surface area contributed by atoms with Crippen molar-refractivity contribution in [3.05, 3.63) is 65.2 Å². The van der Waals surface area contributed by atoms with Crippen molar-refractivity contribution in [1.82, 2.24) is 9.97 Å². The maximum absolute atomic E-state index is 13.5. The van der Waals surface area contributed by atoms with Crippen LogP contribution in [-0.4, -0.2) is 42.4 Å². The van der Waals surface area contributed by atoms with Crippen molar-refractivity contribution in [2.24, 2.45) is 11.8 Å². The number of hydrogen-bond acceptors (Lipinski definition) is 9. The highest BCUT2D eigenvalue weighted by Gasteiger charge is 2.54. The Balaban J connectivity index is 1.19. The number of benzene rings is 3. The third-order valence-electron chi connectivity index (χ3n) is 9.87. The Hall–Kier alpha value is -4.40. The van der Waals surface area contributed by atoms with E-state index in [-0.39, 0.29) is 31.3 Å². The van der Waals surface area contributed by atoms with Crippen molar-refractivity contribution in [3.8, 4) is 17.2 Å². The molecule has 1 aliphatic carbocycles. The molecule has 0 bridgehead atoms. The predicted molar refractivity (Wildman–Crippen MR) is 177 cm³/mol. The highest BCUT2D eigenvalue weighted by molar-refractivity contribution is 5.90. The molecular formula is C38H42N2O7. The number of ether oxygens (including phenoxy) is 5. The molecule has 0 N–H and O–H groups in total. The van der Waals surface area contributed by atoms with Crippen LogP contribution in [0.4, 0.5) is 0 Å². The average Bonchev–Trinajstić information content (AvgIpc) is 3.71. The molecule has 3 aromatic carbocycles. The molecule has 0 spiro atoms. The summed E-state index contributed by atoms with van der Waals surface area (Å²) in [5, 5.41) is 0. The van der Waals surface area contributed by atoms with Crippen LogP contribution in [0, 0.1) is 11.8 Å². The SMILES string of the molecule is CCCCCCCCCCCC(=O)O[C@@H]1c2cc3c(cc2[C@@H](c2cc(OC)c4nc5ccccc5nc4c2)[C@H]2C(=O)OC[C@@H]21)OCO3. The first kappa shape index (κ1) is 31.2. The Morgan fingerprint density at radius 2 is 1.51 bits per heavy atom. The molecule has 4 aromatic rings. The number of rotatable bonds is 13. The number of unbranched alkanes of at least 4 members (excludes halogenated alkanes) is 8. The molecule has 246 valence electrons. The van der Waals surface area contributed by atoms with Crippen molar-refractivity contribution >= 4 is 34.0 Å². The van der Waals surface area contributed by atoms with E-state index < -0.39 is 17.9 Å². The smallest absolute Gasteiger partial charge is 0.310 e. The molecular weight excluding hydrogens is 596 g/mol. The van der Waals surface area contributed by atoms with E-state index in [9.17, 15) is 9.59 Å². The van der Waals surface area contributed by atoms with Crippen LogP contribution in [0.5, 0.6) is 17.2 Å². The first-order valence-corrected chi connectivity index (χ1v) is 17.1. The van der Waals surface area contributed by atoms with Gasteiger partial charge in [0.1, 0.15) is 17.4 Å². The van der Waals surface area contributed by atoms with Gasteiger partial charge in [-0.2, -0.15) is 0 Å². The fraction of sp³-hybridized carbons (Fsp3) is 0.474. The van der Waals surface area contributed by atoms with Crippen LogP contribution < -0.4 is 14.2 Å². The van der Waals surface area contributed by atoms with E-state index in [0.29, 0.717) is 34.7 Å². The zero-order valence-electron chi connectivity index (χ0n) is 27.2. The van der Waals surface area contributed by atoms with Crippen molar-refractivity contribution in [1.29, 1.82) is 0 Å². The molecule has 0 saturated carbocycles. The van der Waals surface area contributed by atoms with E-state index in [1.54, 1.807) is 7.11 Å². The van der Waals surface area contributed by atoms with Gasteiger partial charge >= 0.3 is 11.9 Å². The minimum absolute atomic E-state index is 0.104. The minimum Gasteiger partial charge on any atom is -0.494 e. The number of aromatic nitrogens is 2. The van der Waals surface area contributed by atoms with E-state index in [1.165, 1.54) is 38.5 Å². The third kappa shape index (κ3) is 6.20. The standard InChI is InChI=1S/C38H42N2O7/c1-3-4-5-6-7-8-9-10-11-16-33(41)47-37-25-20-31-30(45-22-46-31)19-24(25)34(35-26(37)21-44-38(35)42)23-17-29-36(32(18-23)43-2)40-28-15-13-12-14-27(28)39-29/h12-15,17-20,26,34-35,37H,3-11,16,21-22H2,1-2H3/t26-,34+,35-,37+/m0/s1. The summed E-state index contributed by atoms with van der Waals surface area (Å²) in [7, 11) is 1.61. The van der Waals surface area contributed by atoms with E-state index in [1.807, 2.05) is 48.5 Å². The Morgan fingerprint density at radius 1 is 0.830 bits per heavy atom. The molecule has 2 aliphatic heterocycles. The lowest BCUT2D eigenvalue weighted by atomic mass is 9.66. The van der Waals surface area contributed by atoms with Gasteiger partial charge in [0.25, 0.3) is 0 Å². The summed E-state index contributed by atoms with van der Waals surface area (Å²) in [5.74, 6) is -0.175. The van der Waals surface area contributed by atoms with Gasteiger partial charge in [0.15, 0.2) is 11.5 Å². The molecule has 0 unspecified atom stereocenters. The second kappa shape index (κ2) is 13.8. The van der Waals surface area contributed by atoms with Crippen molar-refractivity contribution in [2.45, 2.75) is 83.2 Å². The fourth-order valence-corrected chi connectivity index (χ4v) is 7.49. The summed E-state index contributed by atoms with van der Waals surface area (Å²) in [4.78, 5) is 36.6. The molecule has 7 rings (SSSR count). The topological polar surface area (TPSA) is 106 Å². The molecule has 0 radical (unpaired) electrons. The van der Waals surface area contributed by atoms with Gasteiger partial charge in [0, 0.05) is 23.8 Å². The average molecular weight is 639 g/mol. The lowest BCUT2D eigenvalue weighted by molar-refractivity contribution is -0.154. The summed E-state index contributed by atoms with van der Waals surface area (Å²) in [6, 6.07) is 15.5. The van der Waals surface area contributed by atoms with Crippen LogP contribution in [-0.2, 0) is 19.1 Å². The fourth-order valence-electron chi connectivity index (χ4n) is 7.49. The second-order valence-electron chi connectivity index (χ2n) is 12.9. The maximum Gasteiger partial charge on any atom is 0.310 e. The van der Waals surface area contributed by atoms with Crippen LogP contribution in [0.3, 0.4) is 0 Å². The maximum atomic E-state index is 13.5. The predicted octanol–water partition coefficient (Wildman–Crippen LogP) is 7.96. The van der Waals surface area contributed by atoms with Crippen molar-refractivity contribution in [2.75, 3.05) is 20.5 Å². The lowest BCUT2D eigenvalue weighted by Gasteiger charge is -2.38. The molecule has 4 atom stereocenters. The third-order valence-corrected chi connectivity index (χ3v) is 9.87. The molecule has 9 heteroatoms. The Bertz CT molecular complexity index is 1790. The number of methoxy groups -OCH3 is 1. The quantitative estimate of drug-likeness (QED) is 0.0819. The molecule has 1 saturated heterocycles. The molecule has 3 aliphatic rings. The highest BCUT2D eigenvalue weighted by Crippen LogP contribution is 2.55. The number of nitrogens with zero attached hydrogens (tertiary/aromatic N) is 2. The molecule has 1 fully saturated rings. The van der Waals surface area contributed by atoms with E-state index in [2.05, 4.69) is 6.92 Å². The van der Waals surface area contributed by atoms with Crippen LogP contribution in [0.15, 0.2) is 48.5 Å². The van der Waals surface area contributed by atoms with Gasteiger partial charge in [0.05, 0.1) is 36.2 Å². The van der Waals surface area contributed by atoms with Crippen molar-refractivity contribution < 1.29 is 33.3 Å². The first-order valence-electron chi connectivity index (χ1n) is 17.1. The summed E-state index contributed by atoms with van der Waals surface area (Å²) < 4.78 is 29.3. The summed E-state index contributed by atoms with van der Waals surface area (Å²) in [5.41, 5.74) is 5.33. The summed E-state index contributed by atoms with van der Waals surface area (Å²) >= 11 is 0. The molecule has 1 aromatic heterocycles. The van der Waals surface area contributed by atoms with Gasteiger partial charge in [-0.3, -0.25) is 9.59 Å². The normalized spacial score (nSPS) is 21.0. The number of carbonyl (C=O) groups excluding carboxylic acids is 2. The van der Waals surface area contributed by atoms with Gasteiger partial charge in [-0.25, -0.2) is 9.97 Å². The highest BCUT2D eigenvalue weighted by atomic mass is 16.7. The molecule has 3 heterocycles. The number of para-hydroxylation sites is 2. The number of esters is 2. The van der Waals surface area contributed by atoms with Gasteiger partial charge in [0.2, 0.25) is 6.79 Å². The Labute approximate surface area is 274 Å². The molecule has 0 amide bonds. The summed E-state index contributed by atoms with van der Waals surface area (Å²) in [6.07, 6.45) is 10.2. The second-order valence-corrected chi connectivity index (χ2v) is 12.9. The van der Waals surface area contributed by atoms with Crippen LogP contribution >= 0.6 is 0 Å². The number of fused-ring (bicyclic) bond motifs is 5. The lowest BCUT2D eigenvalue weighted by Crippen LogP contribution is -2.36. The van der Waals surface area contributed by atoms with E-state index in [4.69, 9.17) is 33.7 Å². The van der Waals surface area contributed by atoms with Gasteiger partial charge in [-0.15, -0.1) is 0 Å². The van der Waals surface area contributed by atoms with Gasteiger partial charge < -0.3 is 23.7 Å². The molecule has 47 heavy (non-hydrogen) atoms. The van der Waals surface area contributed by atoms with Gasteiger partial charge in [-0.05, 0) is 53.9 Å². The number of hydrogen-bond donors (Lipinski definition) is 0. The summed E-state index contributed by atoms with van der Waals surface area (Å²) in [6.45, 7) is 2.50. The van der Waals surface area contributed by atoms with Crippen LogP contribution in [0.1, 0.15) is 99.8 Å². The number of cyclic esters (lactones) is 1. The van der Waals surface area contributed by atoms with Crippen molar-refractivity contribution in [3.63, 3.8) is 0 Å². The van der Waals surface area contributed by atoms with E-state index in [0.717, 1.165) is 47.0 Å². The van der Waals surface area contributed by atoms with E-state index >= 15 is 0 Å².